The second-order valence-electron chi connectivity index (χ2n) is 9.54. The summed E-state index contributed by atoms with van der Waals surface area (Å²) in [6.45, 7) is 1.35. The zero-order valence-corrected chi connectivity index (χ0v) is 19.7. The zero-order valence-electron chi connectivity index (χ0n) is 19.7. The highest BCUT2D eigenvalue weighted by Gasteiger charge is 2.45. The van der Waals surface area contributed by atoms with E-state index in [-0.39, 0.29) is 0 Å². The van der Waals surface area contributed by atoms with Crippen molar-refractivity contribution >= 4 is 10.9 Å². The Hall–Kier alpha value is -2.53. The Bertz CT molecular complexity index is 1180. The van der Waals surface area contributed by atoms with Gasteiger partial charge in [-0.25, -0.2) is 0 Å². The molecule has 9 heteroatoms. The van der Waals surface area contributed by atoms with Crippen LogP contribution in [-0.4, -0.2) is 67.9 Å². The Kier molecular flexibility index (Phi) is 7.06. The zero-order chi connectivity index (χ0) is 24.5. The number of nitrogens with zero attached hydrogens (tertiary/aromatic N) is 1. The molecule has 2 heterocycles. The second-order valence-corrected chi connectivity index (χ2v) is 9.54. The summed E-state index contributed by atoms with van der Waals surface area (Å²) in [7, 11) is 0. The van der Waals surface area contributed by atoms with Gasteiger partial charge in [0.2, 0.25) is 0 Å². The summed E-state index contributed by atoms with van der Waals surface area (Å²) in [4.78, 5) is 11.0. The molecule has 0 bridgehead atoms. The monoisotopic (exact) mass is 484 g/mol. The van der Waals surface area contributed by atoms with E-state index in [2.05, 4.69) is 28.4 Å². The van der Waals surface area contributed by atoms with Gasteiger partial charge in [0.1, 0.15) is 18.3 Å². The van der Waals surface area contributed by atoms with Gasteiger partial charge in [-0.05, 0) is 79.8 Å². The summed E-state index contributed by atoms with van der Waals surface area (Å²) >= 11 is 0. The number of nitrogens with one attached hydrogen (secondary N) is 1. The van der Waals surface area contributed by atoms with E-state index < -0.39 is 37.3 Å². The Balaban J connectivity index is 1.33. The van der Waals surface area contributed by atoms with Crippen LogP contribution in [0.15, 0.2) is 30.3 Å². The number of rotatable bonds is 7. The molecule has 1 saturated heterocycles. The second kappa shape index (κ2) is 10.2. The van der Waals surface area contributed by atoms with Crippen LogP contribution >= 0.6 is 0 Å². The summed E-state index contributed by atoms with van der Waals surface area (Å²) in [5, 5.41) is 48.2. The van der Waals surface area contributed by atoms with Gasteiger partial charge in [-0.15, -0.1) is 0 Å². The van der Waals surface area contributed by atoms with Crippen molar-refractivity contribution in [2.24, 2.45) is 0 Å². The highest BCUT2D eigenvalue weighted by Crippen LogP contribution is 2.32. The van der Waals surface area contributed by atoms with Crippen LogP contribution in [0.4, 0.5) is 0 Å². The summed E-state index contributed by atoms with van der Waals surface area (Å²) in [5.41, 5.74) is 6.68. The minimum absolute atomic E-state index is 0.382. The van der Waals surface area contributed by atoms with Gasteiger partial charge in [0, 0.05) is 5.69 Å². The summed E-state index contributed by atoms with van der Waals surface area (Å²) in [6, 6.07) is 10.5. The minimum Gasteiger partial charge on any atom is -0.394 e. The van der Waals surface area contributed by atoms with Crippen LogP contribution in [-0.2, 0) is 35.3 Å². The molecule has 1 aliphatic carbocycles. The van der Waals surface area contributed by atoms with Crippen LogP contribution in [0.1, 0.15) is 40.8 Å². The molecule has 0 amide bonds. The van der Waals surface area contributed by atoms with Crippen molar-refractivity contribution in [1.29, 1.82) is 0 Å². The SMILES string of the molecule is Cc1cc(OO[C@@H]2[C@@H](O)[C@H](O)[C@@H](CO)O[C@H]2O)c2c(CCc3ccc4c(c3)CCCC4)[nH]nc2c1. The molecule has 188 valence electrons. The molecular weight excluding hydrogens is 452 g/mol. The number of fused-ring (bicyclic) bond motifs is 2. The summed E-state index contributed by atoms with van der Waals surface area (Å²) < 4.78 is 5.14. The molecule has 5 atom stereocenters. The fraction of sp³-hybridized carbons (Fsp3) is 0.500. The van der Waals surface area contributed by atoms with Gasteiger partial charge in [0.25, 0.3) is 0 Å². The molecule has 1 aromatic heterocycles. The van der Waals surface area contributed by atoms with Gasteiger partial charge >= 0.3 is 0 Å². The lowest BCUT2D eigenvalue weighted by Gasteiger charge is -2.38. The largest absolute Gasteiger partial charge is 0.394 e. The lowest BCUT2D eigenvalue weighted by atomic mass is 9.89. The lowest BCUT2D eigenvalue weighted by molar-refractivity contribution is -0.364. The van der Waals surface area contributed by atoms with Gasteiger partial charge in [0.05, 0.1) is 17.5 Å². The number of benzene rings is 2. The van der Waals surface area contributed by atoms with Crippen molar-refractivity contribution in [3.63, 3.8) is 0 Å². The number of aromatic nitrogens is 2. The molecular formula is C26H32N2O7. The fourth-order valence-corrected chi connectivity index (χ4v) is 5.05. The van der Waals surface area contributed by atoms with E-state index in [1.54, 1.807) is 6.07 Å². The average Bonchev–Trinajstić information content (AvgIpc) is 3.27. The first-order valence-electron chi connectivity index (χ1n) is 12.2. The van der Waals surface area contributed by atoms with E-state index in [0.717, 1.165) is 35.9 Å². The smallest absolute Gasteiger partial charge is 0.188 e. The molecule has 0 unspecified atom stereocenters. The maximum atomic E-state index is 10.3. The minimum atomic E-state index is -1.58. The Morgan fingerprint density at radius 3 is 2.63 bits per heavy atom. The van der Waals surface area contributed by atoms with Crippen molar-refractivity contribution in [1.82, 2.24) is 10.2 Å². The van der Waals surface area contributed by atoms with Gasteiger partial charge in [0.15, 0.2) is 18.1 Å². The van der Waals surface area contributed by atoms with Crippen LogP contribution in [0.3, 0.4) is 0 Å². The Labute approximate surface area is 203 Å². The van der Waals surface area contributed by atoms with Crippen LogP contribution < -0.4 is 4.89 Å². The number of H-pyrrole nitrogens is 1. The van der Waals surface area contributed by atoms with Gasteiger partial charge in [-0.1, -0.05) is 18.2 Å². The standard InChI is InChI=1S/C26H32N2O7/c1-14-10-19-22(20(11-14)34-35-25-24(31)23(30)21(13-29)33-26(25)32)18(27-28-19)9-7-15-6-8-16-4-2-3-5-17(16)12-15/h6,8,10-12,21,23-26,29-32H,2-5,7,9,13H2,1H3,(H,27,28)/t21-,23-,24+,25-,26-/m1/s1. The first-order valence-corrected chi connectivity index (χ1v) is 12.2. The Morgan fingerprint density at radius 1 is 1.03 bits per heavy atom. The third-order valence-electron chi connectivity index (χ3n) is 7.01. The van der Waals surface area contributed by atoms with Crippen LogP contribution in [0.25, 0.3) is 10.9 Å². The molecule has 1 fully saturated rings. The van der Waals surface area contributed by atoms with E-state index in [1.807, 2.05) is 13.0 Å². The summed E-state index contributed by atoms with van der Waals surface area (Å²) in [5.74, 6) is 0.382. The van der Waals surface area contributed by atoms with E-state index in [0.29, 0.717) is 17.7 Å². The fourth-order valence-electron chi connectivity index (χ4n) is 5.05. The number of hydrogen-bond donors (Lipinski definition) is 5. The van der Waals surface area contributed by atoms with Crippen LogP contribution in [0.2, 0.25) is 0 Å². The van der Waals surface area contributed by atoms with E-state index in [4.69, 9.17) is 14.5 Å². The van der Waals surface area contributed by atoms with Gasteiger partial charge in [-0.3, -0.25) is 5.10 Å². The number of hydrogen-bond acceptors (Lipinski definition) is 8. The molecule has 0 saturated carbocycles. The molecule has 2 aromatic carbocycles. The molecule has 0 radical (unpaired) electrons. The number of aliphatic hydroxyl groups excluding tert-OH is 4. The summed E-state index contributed by atoms with van der Waals surface area (Å²) in [6.07, 6.45) is -0.657. The molecule has 0 spiro atoms. The highest BCUT2D eigenvalue weighted by atomic mass is 17.2. The number of aliphatic hydroxyl groups is 4. The van der Waals surface area contributed by atoms with Crippen molar-refractivity contribution < 1.29 is 34.9 Å². The number of ether oxygens (including phenoxy) is 1. The molecule has 5 N–H and O–H groups in total. The maximum Gasteiger partial charge on any atom is 0.188 e. The molecule has 2 aliphatic rings. The van der Waals surface area contributed by atoms with Crippen LogP contribution in [0, 0.1) is 6.92 Å². The van der Waals surface area contributed by atoms with E-state index >= 15 is 0 Å². The Morgan fingerprint density at radius 2 is 1.83 bits per heavy atom. The molecule has 5 rings (SSSR count). The third kappa shape index (κ3) is 4.93. The first-order chi connectivity index (χ1) is 16.9. The van der Waals surface area contributed by atoms with E-state index in [1.165, 1.54) is 29.5 Å². The van der Waals surface area contributed by atoms with Crippen LogP contribution in [0.5, 0.6) is 5.75 Å². The van der Waals surface area contributed by atoms with Gasteiger partial charge in [-0.2, -0.15) is 9.99 Å². The average molecular weight is 485 g/mol. The third-order valence-corrected chi connectivity index (χ3v) is 7.01. The van der Waals surface area contributed by atoms with E-state index in [9.17, 15) is 20.4 Å². The quantitative estimate of drug-likeness (QED) is 0.252. The van der Waals surface area contributed by atoms with Gasteiger partial charge < -0.3 is 30.1 Å². The number of aryl methyl sites for hydroxylation is 5. The lowest BCUT2D eigenvalue weighted by Crippen LogP contribution is -2.59. The normalized spacial score (nSPS) is 26.6. The first kappa shape index (κ1) is 24.2. The van der Waals surface area contributed by atoms with Crippen molar-refractivity contribution in [3.05, 3.63) is 58.3 Å². The number of aromatic amines is 1. The molecule has 3 aromatic rings. The predicted molar refractivity (Wildman–Crippen MR) is 127 cm³/mol. The maximum absolute atomic E-state index is 10.3. The predicted octanol–water partition coefficient (Wildman–Crippen LogP) is 1.65. The molecule has 1 aliphatic heterocycles. The topological polar surface area (TPSA) is 137 Å². The molecule has 35 heavy (non-hydrogen) atoms. The highest BCUT2D eigenvalue weighted by molar-refractivity contribution is 5.88. The van der Waals surface area contributed by atoms with Crippen molar-refractivity contribution in [3.8, 4) is 5.75 Å². The van der Waals surface area contributed by atoms with Crippen molar-refractivity contribution in [2.75, 3.05) is 6.61 Å². The van der Waals surface area contributed by atoms with Crippen molar-refractivity contribution in [2.45, 2.75) is 76.2 Å². The molecule has 9 nitrogen and oxygen atoms in total.